The first-order valence-corrected chi connectivity index (χ1v) is 7.57. The number of esters is 1. The molecule has 0 spiro atoms. The summed E-state index contributed by atoms with van der Waals surface area (Å²) in [6.07, 6.45) is 0.0706. The molecule has 1 amide bonds. The summed E-state index contributed by atoms with van der Waals surface area (Å²) in [5.74, 6) is -0.521. The number of aliphatic hydroxyl groups excluding tert-OH is 1. The number of fused-ring (bicyclic) bond motifs is 1. The molecule has 0 radical (unpaired) electrons. The van der Waals surface area contributed by atoms with Gasteiger partial charge in [-0.05, 0) is 43.9 Å². The number of amides is 1. The van der Waals surface area contributed by atoms with E-state index in [9.17, 15) is 14.7 Å². The quantitative estimate of drug-likeness (QED) is 0.845. The molecule has 0 bridgehead atoms. The Labute approximate surface area is 136 Å². The number of carbonyl (C=O) groups excluding carboxylic acids is 2. The zero-order valence-corrected chi connectivity index (χ0v) is 14.0. The maximum Gasteiger partial charge on any atom is 0.411 e. The van der Waals surface area contributed by atoms with Gasteiger partial charge in [-0.15, -0.1) is 0 Å². The molecule has 126 valence electrons. The molecule has 6 nitrogen and oxygen atoms in total. The van der Waals surface area contributed by atoms with Gasteiger partial charge in [-0.1, -0.05) is 18.2 Å². The van der Waals surface area contributed by atoms with Crippen molar-refractivity contribution in [2.45, 2.75) is 45.4 Å². The molecule has 1 N–H and O–H groups in total. The predicted octanol–water partition coefficient (Wildman–Crippen LogP) is 2.19. The van der Waals surface area contributed by atoms with Crippen LogP contribution in [0.25, 0.3) is 0 Å². The van der Waals surface area contributed by atoms with Crippen molar-refractivity contribution in [2.24, 2.45) is 0 Å². The van der Waals surface area contributed by atoms with Gasteiger partial charge in [0.25, 0.3) is 0 Å². The average Bonchev–Trinajstić information content (AvgIpc) is 2.50. The fourth-order valence-corrected chi connectivity index (χ4v) is 2.65. The van der Waals surface area contributed by atoms with Crippen LogP contribution in [0.4, 0.5) is 4.79 Å². The molecule has 0 saturated carbocycles. The lowest BCUT2D eigenvalue weighted by atomic mass is 9.91. The summed E-state index contributed by atoms with van der Waals surface area (Å²) in [7, 11) is 1.29. The third-order valence-electron chi connectivity index (χ3n) is 3.67. The number of hydrogen-bond acceptors (Lipinski definition) is 5. The number of methoxy groups -OCH3 is 1. The van der Waals surface area contributed by atoms with Crippen LogP contribution in [0.2, 0.25) is 0 Å². The van der Waals surface area contributed by atoms with Crippen LogP contribution in [0.3, 0.4) is 0 Å². The van der Waals surface area contributed by atoms with E-state index in [0.717, 1.165) is 5.56 Å². The smallest absolute Gasteiger partial charge is 0.411 e. The van der Waals surface area contributed by atoms with Crippen LogP contribution in [0.15, 0.2) is 18.2 Å². The van der Waals surface area contributed by atoms with E-state index in [1.54, 1.807) is 26.8 Å². The number of rotatable bonds is 2. The van der Waals surface area contributed by atoms with E-state index in [-0.39, 0.29) is 6.61 Å². The molecule has 1 unspecified atom stereocenters. The van der Waals surface area contributed by atoms with Gasteiger partial charge >= 0.3 is 12.1 Å². The van der Waals surface area contributed by atoms with Gasteiger partial charge in [-0.25, -0.2) is 9.59 Å². The number of benzene rings is 1. The molecule has 1 aliphatic rings. The monoisotopic (exact) mass is 321 g/mol. The number of aliphatic hydroxyl groups is 1. The summed E-state index contributed by atoms with van der Waals surface area (Å²) in [5.41, 5.74) is 1.69. The Balaban J connectivity index is 2.41. The Morgan fingerprint density at radius 1 is 1.35 bits per heavy atom. The van der Waals surface area contributed by atoms with Crippen LogP contribution < -0.4 is 0 Å². The van der Waals surface area contributed by atoms with E-state index in [4.69, 9.17) is 9.47 Å². The summed E-state index contributed by atoms with van der Waals surface area (Å²) in [4.78, 5) is 26.1. The second-order valence-electron chi connectivity index (χ2n) is 6.54. The molecular formula is C17H23NO5. The number of ether oxygens (including phenoxy) is 2. The molecule has 0 aliphatic carbocycles. The van der Waals surface area contributed by atoms with Crippen LogP contribution >= 0.6 is 0 Å². The Kier molecular flexibility index (Phi) is 4.94. The minimum atomic E-state index is -0.856. The molecule has 1 aromatic carbocycles. The van der Waals surface area contributed by atoms with E-state index < -0.39 is 23.7 Å². The van der Waals surface area contributed by atoms with Crippen molar-refractivity contribution in [1.82, 2.24) is 4.90 Å². The summed E-state index contributed by atoms with van der Waals surface area (Å²) in [6.45, 7) is 5.58. The molecule has 0 aromatic heterocycles. The van der Waals surface area contributed by atoms with Crippen molar-refractivity contribution in [3.63, 3.8) is 0 Å². The molecule has 1 atom stereocenters. The Hall–Kier alpha value is -2.08. The topological polar surface area (TPSA) is 76.1 Å². The van der Waals surface area contributed by atoms with Crippen molar-refractivity contribution in [3.8, 4) is 0 Å². The lowest BCUT2D eigenvalue weighted by molar-refractivity contribution is -0.147. The fraction of sp³-hybridized carbons (Fsp3) is 0.529. The van der Waals surface area contributed by atoms with Gasteiger partial charge in [0.2, 0.25) is 0 Å². The summed E-state index contributed by atoms with van der Waals surface area (Å²) < 4.78 is 10.3. The van der Waals surface area contributed by atoms with Gasteiger partial charge in [-0.2, -0.15) is 0 Å². The van der Waals surface area contributed by atoms with Gasteiger partial charge in [-0.3, -0.25) is 4.90 Å². The Bertz CT molecular complexity index is 605. The molecule has 0 saturated heterocycles. The zero-order valence-electron chi connectivity index (χ0n) is 14.0. The van der Waals surface area contributed by atoms with E-state index >= 15 is 0 Å². The standard InChI is InChI=1S/C17H23NO5/c1-17(2,3)23-16(21)18-8-7-12-6-5-11(10-19)9-13(12)14(18)15(20)22-4/h5-6,9,14,19H,7-8,10H2,1-4H3. The highest BCUT2D eigenvalue weighted by atomic mass is 16.6. The largest absolute Gasteiger partial charge is 0.467 e. The second-order valence-corrected chi connectivity index (χ2v) is 6.54. The number of carbonyl (C=O) groups is 2. The Morgan fingerprint density at radius 2 is 2.04 bits per heavy atom. The maximum absolute atomic E-state index is 12.5. The average molecular weight is 321 g/mol. The molecule has 23 heavy (non-hydrogen) atoms. The van der Waals surface area contributed by atoms with Crippen molar-refractivity contribution in [3.05, 3.63) is 34.9 Å². The number of nitrogens with zero attached hydrogens (tertiary/aromatic N) is 1. The number of hydrogen-bond donors (Lipinski definition) is 1. The van der Waals surface area contributed by atoms with Crippen molar-refractivity contribution >= 4 is 12.1 Å². The van der Waals surface area contributed by atoms with Crippen LogP contribution in [0, 0.1) is 0 Å². The van der Waals surface area contributed by atoms with Crippen LogP contribution in [-0.4, -0.2) is 41.3 Å². The molecule has 2 rings (SSSR count). The van der Waals surface area contributed by atoms with Gasteiger partial charge < -0.3 is 14.6 Å². The minimum absolute atomic E-state index is 0.131. The van der Waals surface area contributed by atoms with E-state index in [1.807, 2.05) is 12.1 Å². The molecule has 1 heterocycles. The van der Waals surface area contributed by atoms with Crippen LogP contribution in [0.5, 0.6) is 0 Å². The zero-order chi connectivity index (χ0) is 17.2. The normalized spacial score (nSPS) is 17.4. The highest BCUT2D eigenvalue weighted by Crippen LogP contribution is 2.32. The van der Waals surface area contributed by atoms with Gasteiger partial charge in [0, 0.05) is 6.54 Å². The van der Waals surface area contributed by atoms with Crippen molar-refractivity contribution < 1.29 is 24.2 Å². The lowest BCUT2D eigenvalue weighted by Crippen LogP contribution is -2.46. The highest BCUT2D eigenvalue weighted by Gasteiger charge is 2.38. The first-order chi connectivity index (χ1) is 10.8. The van der Waals surface area contributed by atoms with Crippen LogP contribution in [-0.2, 0) is 27.3 Å². The van der Waals surface area contributed by atoms with Crippen LogP contribution in [0.1, 0.15) is 43.5 Å². The molecular weight excluding hydrogens is 298 g/mol. The third kappa shape index (κ3) is 3.82. The molecule has 0 fully saturated rings. The summed E-state index contributed by atoms with van der Waals surface area (Å²) in [5, 5.41) is 9.33. The molecule has 6 heteroatoms. The summed E-state index contributed by atoms with van der Waals surface area (Å²) >= 11 is 0. The first kappa shape index (κ1) is 17.3. The van der Waals surface area contributed by atoms with Gasteiger partial charge in [0.05, 0.1) is 13.7 Å². The first-order valence-electron chi connectivity index (χ1n) is 7.57. The SMILES string of the molecule is COC(=O)C1c2cc(CO)ccc2CCN1C(=O)OC(C)(C)C. The molecule has 1 aromatic rings. The van der Waals surface area contributed by atoms with Crippen molar-refractivity contribution in [1.29, 1.82) is 0 Å². The summed E-state index contributed by atoms with van der Waals surface area (Å²) in [6, 6.07) is 4.58. The lowest BCUT2D eigenvalue weighted by Gasteiger charge is -2.36. The van der Waals surface area contributed by atoms with E-state index in [2.05, 4.69) is 0 Å². The highest BCUT2D eigenvalue weighted by molar-refractivity contribution is 5.84. The molecule has 1 aliphatic heterocycles. The minimum Gasteiger partial charge on any atom is -0.467 e. The van der Waals surface area contributed by atoms with Gasteiger partial charge in [0.1, 0.15) is 5.60 Å². The van der Waals surface area contributed by atoms with Gasteiger partial charge in [0.15, 0.2) is 6.04 Å². The predicted molar refractivity (Wildman–Crippen MR) is 83.8 cm³/mol. The fourth-order valence-electron chi connectivity index (χ4n) is 2.65. The van der Waals surface area contributed by atoms with Crippen molar-refractivity contribution in [2.75, 3.05) is 13.7 Å². The third-order valence-corrected chi connectivity index (χ3v) is 3.67. The van der Waals surface area contributed by atoms with E-state index in [0.29, 0.717) is 24.1 Å². The maximum atomic E-state index is 12.5. The Morgan fingerprint density at radius 3 is 2.61 bits per heavy atom. The van der Waals surface area contributed by atoms with E-state index in [1.165, 1.54) is 12.0 Å². The second kappa shape index (κ2) is 6.58.